The minimum absolute atomic E-state index is 0.0182. The van der Waals surface area contributed by atoms with E-state index < -0.39 is 9.84 Å². The van der Waals surface area contributed by atoms with Crippen LogP contribution in [0.1, 0.15) is 40.6 Å². The second-order valence-corrected chi connectivity index (χ2v) is 8.82. The number of halogens is 1. The molecule has 1 aromatic heterocycles. The molecule has 8 heteroatoms. The Morgan fingerprint density at radius 1 is 1.24 bits per heavy atom. The summed E-state index contributed by atoms with van der Waals surface area (Å²) >= 11 is 0. The summed E-state index contributed by atoms with van der Waals surface area (Å²) in [5.74, 6) is -0.558. The summed E-state index contributed by atoms with van der Waals surface area (Å²) in [6.07, 6.45) is 2.98. The van der Waals surface area contributed by atoms with Crippen LogP contribution in [-0.2, 0) is 22.7 Å². The van der Waals surface area contributed by atoms with E-state index in [9.17, 15) is 17.6 Å². The van der Waals surface area contributed by atoms with E-state index in [2.05, 4.69) is 10.4 Å². The monoisotopic (exact) mass is 363 g/mol. The van der Waals surface area contributed by atoms with Gasteiger partial charge in [0.2, 0.25) is 0 Å². The largest absolute Gasteiger partial charge is 0.321 e. The number of fused-ring (bicyclic) bond motifs is 1. The Morgan fingerprint density at radius 3 is 2.68 bits per heavy atom. The van der Waals surface area contributed by atoms with Gasteiger partial charge in [0.15, 0.2) is 9.84 Å². The molecule has 1 atom stereocenters. The van der Waals surface area contributed by atoms with Gasteiger partial charge < -0.3 is 5.32 Å². The number of amides is 1. The number of hydrogen-bond donors (Lipinski definition) is 1. The maximum atomic E-state index is 13.0. The Bertz CT molecular complexity index is 935. The SMILES string of the molecule is O=C(Nc1ccc(F)cc1)c1c2c(nn1C1CCS(=O)(=O)C1)CCC2. The van der Waals surface area contributed by atoms with Gasteiger partial charge in [0.25, 0.3) is 5.91 Å². The maximum Gasteiger partial charge on any atom is 0.274 e. The maximum absolute atomic E-state index is 13.0. The minimum Gasteiger partial charge on any atom is -0.321 e. The van der Waals surface area contributed by atoms with Crippen LogP contribution >= 0.6 is 0 Å². The Hall–Kier alpha value is -2.22. The number of aromatic nitrogens is 2. The number of nitrogens with one attached hydrogen (secondary N) is 1. The van der Waals surface area contributed by atoms with Gasteiger partial charge in [-0.05, 0) is 49.9 Å². The van der Waals surface area contributed by atoms with E-state index in [4.69, 9.17) is 0 Å². The van der Waals surface area contributed by atoms with Gasteiger partial charge in [-0.2, -0.15) is 5.10 Å². The van der Waals surface area contributed by atoms with E-state index in [1.54, 1.807) is 4.68 Å². The molecule has 2 aromatic rings. The molecule has 0 saturated carbocycles. The predicted molar refractivity (Wildman–Crippen MR) is 90.9 cm³/mol. The lowest BCUT2D eigenvalue weighted by Crippen LogP contribution is -2.23. The van der Waals surface area contributed by atoms with E-state index in [0.717, 1.165) is 30.5 Å². The number of hydrogen-bond acceptors (Lipinski definition) is 4. The number of benzene rings is 1. The molecule has 1 aliphatic heterocycles. The van der Waals surface area contributed by atoms with Gasteiger partial charge in [0.1, 0.15) is 11.5 Å². The highest BCUT2D eigenvalue weighted by Crippen LogP contribution is 2.31. The second-order valence-electron chi connectivity index (χ2n) is 6.59. The summed E-state index contributed by atoms with van der Waals surface area (Å²) in [5, 5.41) is 7.32. The van der Waals surface area contributed by atoms with Crippen LogP contribution in [0.2, 0.25) is 0 Å². The number of sulfone groups is 1. The predicted octanol–water partition coefficient (Wildman–Crippen LogP) is 2.12. The van der Waals surface area contributed by atoms with E-state index in [1.165, 1.54) is 24.3 Å². The van der Waals surface area contributed by atoms with Crippen LogP contribution in [-0.4, -0.2) is 35.6 Å². The summed E-state index contributed by atoms with van der Waals surface area (Å²) in [5.41, 5.74) is 2.72. The van der Waals surface area contributed by atoms with Gasteiger partial charge in [-0.3, -0.25) is 9.48 Å². The summed E-state index contributed by atoms with van der Waals surface area (Å²) in [6.45, 7) is 0. The molecule has 1 aliphatic carbocycles. The molecule has 1 aromatic carbocycles. The Balaban J connectivity index is 1.68. The first-order chi connectivity index (χ1) is 11.9. The van der Waals surface area contributed by atoms with E-state index >= 15 is 0 Å². The lowest BCUT2D eigenvalue weighted by molar-refractivity contribution is 0.101. The van der Waals surface area contributed by atoms with Crippen LogP contribution in [0.5, 0.6) is 0 Å². The van der Waals surface area contributed by atoms with Gasteiger partial charge >= 0.3 is 0 Å². The molecule has 6 nitrogen and oxygen atoms in total. The van der Waals surface area contributed by atoms with Crippen molar-refractivity contribution in [2.75, 3.05) is 16.8 Å². The molecule has 4 rings (SSSR count). The highest BCUT2D eigenvalue weighted by atomic mass is 32.2. The number of anilines is 1. The van der Waals surface area contributed by atoms with Crippen LogP contribution in [0.3, 0.4) is 0 Å². The summed E-state index contributed by atoms with van der Waals surface area (Å²) in [4.78, 5) is 12.8. The van der Waals surface area contributed by atoms with Crippen molar-refractivity contribution in [2.45, 2.75) is 31.7 Å². The third kappa shape index (κ3) is 3.06. The highest BCUT2D eigenvalue weighted by molar-refractivity contribution is 7.91. The minimum atomic E-state index is -3.08. The molecule has 2 heterocycles. The van der Waals surface area contributed by atoms with E-state index in [1.807, 2.05) is 0 Å². The number of rotatable bonds is 3. The van der Waals surface area contributed by atoms with Crippen molar-refractivity contribution >= 4 is 21.4 Å². The second kappa shape index (κ2) is 5.94. The topological polar surface area (TPSA) is 81.1 Å². The van der Waals surface area contributed by atoms with Crippen LogP contribution < -0.4 is 5.32 Å². The first-order valence-corrected chi connectivity index (χ1v) is 10.1. The number of carbonyl (C=O) groups excluding carboxylic acids is 1. The molecule has 1 saturated heterocycles. The van der Waals surface area contributed by atoms with Gasteiger partial charge in [-0.1, -0.05) is 0 Å². The van der Waals surface area contributed by atoms with Crippen molar-refractivity contribution in [1.29, 1.82) is 0 Å². The van der Waals surface area contributed by atoms with Gasteiger partial charge in [-0.15, -0.1) is 0 Å². The molecule has 1 fully saturated rings. The molecule has 132 valence electrons. The zero-order valence-corrected chi connectivity index (χ0v) is 14.4. The highest BCUT2D eigenvalue weighted by Gasteiger charge is 2.35. The lowest BCUT2D eigenvalue weighted by Gasteiger charge is -2.14. The fraction of sp³-hybridized carbons (Fsp3) is 0.412. The molecule has 25 heavy (non-hydrogen) atoms. The van der Waals surface area contributed by atoms with Crippen molar-refractivity contribution in [3.05, 3.63) is 47.0 Å². The van der Waals surface area contributed by atoms with Crippen molar-refractivity contribution in [2.24, 2.45) is 0 Å². The van der Waals surface area contributed by atoms with Crippen molar-refractivity contribution < 1.29 is 17.6 Å². The average Bonchev–Trinajstić information content (AvgIpc) is 3.22. The van der Waals surface area contributed by atoms with Gasteiger partial charge in [0, 0.05) is 11.3 Å². The van der Waals surface area contributed by atoms with Crippen LogP contribution in [0.4, 0.5) is 10.1 Å². The van der Waals surface area contributed by atoms with E-state index in [0.29, 0.717) is 17.8 Å². The van der Waals surface area contributed by atoms with E-state index in [-0.39, 0.29) is 29.3 Å². The summed E-state index contributed by atoms with van der Waals surface area (Å²) in [7, 11) is -3.08. The Labute approximate surface area is 145 Å². The van der Waals surface area contributed by atoms with Crippen LogP contribution in [0.15, 0.2) is 24.3 Å². The lowest BCUT2D eigenvalue weighted by atomic mass is 10.1. The third-order valence-electron chi connectivity index (χ3n) is 4.80. The molecular formula is C17H18FN3O3S. The first kappa shape index (κ1) is 16.3. The fourth-order valence-corrected chi connectivity index (χ4v) is 5.30. The number of carbonyl (C=O) groups is 1. The third-order valence-corrected chi connectivity index (χ3v) is 6.55. The zero-order chi connectivity index (χ0) is 17.6. The Morgan fingerprint density at radius 2 is 2.00 bits per heavy atom. The fourth-order valence-electron chi connectivity index (χ4n) is 3.61. The normalized spacial score (nSPS) is 21.2. The molecule has 1 N–H and O–H groups in total. The van der Waals surface area contributed by atoms with Crippen molar-refractivity contribution in [3.8, 4) is 0 Å². The molecule has 0 spiro atoms. The molecule has 1 amide bonds. The number of aryl methyl sites for hydroxylation is 1. The molecule has 0 radical (unpaired) electrons. The zero-order valence-electron chi connectivity index (χ0n) is 13.5. The quantitative estimate of drug-likeness (QED) is 0.906. The smallest absolute Gasteiger partial charge is 0.274 e. The molecule has 0 bridgehead atoms. The summed E-state index contributed by atoms with van der Waals surface area (Å²) < 4.78 is 38.3. The van der Waals surface area contributed by atoms with Crippen LogP contribution in [0, 0.1) is 5.82 Å². The first-order valence-electron chi connectivity index (χ1n) is 8.30. The molecular weight excluding hydrogens is 345 g/mol. The summed E-state index contributed by atoms with van der Waals surface area (Å²) in [6, 6.07) is 5.24. The molecule has 1 unspecified atom stereocenters. The van der Waals surface area contributed by atoms with Crippen LogP contribution in [0.25, 0.3) is 0 Å². The van der Waals surface area contributed by atoms with Crippen molar-refractivity contribution in [1.82, 2.24) is 9.78 Å². The Kier molecular flexibility index (Phi) is 3.87. The average molecular weight is 363 g/mol. The molecule has 2 aliphatic rings. The van der Waals surface area contributed by atoms with Gasteiger partial charge in [-0.25, -0.2) is 12.8 Å². The van der Waals surface area contributed by atoms with Crippen molar-refractivity contribution in [3.63, 3.8) is 0 Å². The number of nitrogens with zero attached hydrogens (tertiary/aromatic N) is 2. The van der Waals surface area contributed by atoms with Gasteiger partial charge in [0.05, 0.1) is 23.2 Å². The standard InChI is InChI=1S/C17H18FN3O3S/c18-11-4-6-12(7-5-11)19-17(22)16-14-2-1-3-15(14)20-21(16)13-8-9-25(23,24)10-13/h4-7,13H,1-3,8-10H2,(H,19,22).